The predicted octanol–water partition coefficient (Wildman–Crippen LogP) is 3.77. The molecule has 0 radical (unpaired) electrons. The first-order valence-corrected chi connectivity index (χ1v) is 8.38. The normalized spacial score (nSPS) is 13.2. The first-order valence-electron chi connectivity index (χ1n) is 7.97. The van der Waals surface area contributed by atoms with Gasteiger partial charge in [0.15, 0.2) is 16.6 Å². The monoisotopic (exact) mass is 342 g/mol. The SMILES string of the molecule is COc1cc2c(cc1OC)CN(C(=S)Nc1ccc(C)cc1)CC2. The number of hydrogen-bond acceptors (Lipinski definition) is 3. The van der Waals surface area contributed by atoms with Gasteiger partial charge in [-0.15, -0.1) is 0 Å². The number of nitrogens with zero attached hydrogens (tertiary/aromatic N) is 1. The van der Waals surface area contributed by atoms with Gasteiger partial charge in [-0.25, -0.2) is 0 Å². The quantitative estimate of drug-likeness (QED) is 0.859. The largest absolute Gasteiger partial charge is 0.493 e. The fourth-order valence-electron chi connectivity index (χ4n) is 2.90. The highest BCUT2D eigenvalue weighted by Crippen LogP contribution is 2.33. The molecule has 0 amide bonds. The number of methoxy groups -OCH3 is 2. The van der Waals surface area contributed by atoms with Crippen LogP contribution in [0.4, 0.5) is 5.69 Å². The summed E-state index contributed by atoms with van der Waals surface area (Å²) in [7, 11) is 3.33. The van der Waals surface area contributed by atoms with E-state index in [9.17, 15) is 0 Å². The van der Waals surface area contributed by atoms with E-state index in [1.165, 1.54) is 16.7 Å². The lowest BCUT2D eigenvalue weighted by Gasteiger charge is -2.31. The molecular formula is C19H22N2O2S. The highest BCUT2D eigenvalue weighted by molar-refractivity contribution is 7.80. The molecule has 2 aromatic rings. The van der Waals surface area contributed by atoms with Crippen LogP contribution in [0, 0.1) is 6.92 Å². The van der Waals surface area contributed by atoms with Crippen molar-refractivity contribution in [2.24, 2.45) is 0 Å². The smallest absolute Gasteiger partial charge is 0.173 e. The number of ether oxygens (including phenoxy) is 2. The van der Waals surface area contributed by atoms with E-state index in [-0.39, 0.29) is 0 Å². The summed E-state index contributed by atoms with van der Waals surface area (Å²) in [6.07, 6.45) is 0.936. The van der Waals surface area contributed by atoms with Crippen LogP contribution in [0.5, 0.6) is 11.5 Å². The van der Waals surface area contributed by atoms with Gasteiger partial charge in [0.2, 0.25) is 0 Å². The topological polar surface area (TPSA) is 33.7 Å². The minimum absolute atomic E-state index is 0.749. The third-order valence-electron chi connectivity index (χ3n) is 4.31. The Morgan fingerprint density at radius 3 is 2.29 bits per heavy atom. The van der Waals surface area contributed by atoms with Crippen molar-refractivity contribution in [3.8, 4) is 11.5 Å². The van der Waals surface area contributed by atoms with Gasteiger partial charge in [0.1, 0.15) is 0 Å². The third kappa shape index (κ3) is 3.46. The lowest BCUT2D eigenvalue weighted by molar-refractivity contribution is 0.348. The molecule has 1 aliphatic rings. The van der Waals surface area contributed by atoms with Crippen molar-refractivity contribution in [1.29, 1.82) is 0 Å². The summed E-state index contributed by atoms with van der Waals surface area (Å²) >= 11 is 5.59. The molecule has 126 valence electrons. The molecule has 0 fully saturated rings. The zero-order valence-electron chi connectivity index (χ0n) is 14.3. The second-order valence-electron chi connectivity index (χ2n) is 5.94. The van der Waals surface area contributed by atoms with E-state index < -0.39 is 0 Å². The van der Waals surface area contributed by atoms with E-state index in [1.807, 2.05) is 12.1 Å². The predicted molar refractivity (Wildman–Crippen MR) is 101 cm³/mol. The summed E-state index contributed by atoms with van der Waals surface area (Å²) in [6.45, 7) is 3.74. The van der Waals surface area contributed by atoms with Gasteiger partial charge in [0.05, 0.1) is 14.2 Å². The molecule has 0 saturated heterocycles. The highest BCUT2D eigenvalue weighted by Gasteiger charge is 2.21. The number of rotatable bonds is 3. The molecule has 0 spiro atoms. The number of anilines is 1. The molecule has 0 aliphatic carbocycles. The lowest BCUT2D eigenvalue weighted by Crippen LogP contribution is -2.38. The van der Waals surface area contributed by atoms with Gasteiger partial charge in [-0.3, -0.25) is 0 Å². The average molecular weight is 342 g/mol. The van der Waals surface area contributed by atoms with Crippen LogP contribution in [0.25, 0.3) is 0 Å². The van der Waals surface area contributed by atoms with Gasteiger partial charge < -0.3 is 19.7 Å². The maximum Gasteiger partial charge on any atom is 0.173 e. The number of nitrogens with one attached hydrogen (secondary N) is 1. The van der Waals surface area contributed by atoms with Gasteiger partial charge >= 0.3 is 0 Å². The minimum Gasteiger partial charge on any atom is -0.493 e. The molecule has 4 nitrogen and oxygen atoms in total. The minimum atomic E-state index is 0.749. The van der Waals surface area contributed by atoms with E-state index in [0.717, 1.165) is 41.8 Å². The molecule has 0 unspecified atom stereocenters. The fourth-order valence-corrected chi connectivity index (χ4v) is 3.17. The van der Waals surface area contributed by atoms with E-state index in [0.29, 0.717) is 0 Å². The van der Waals surface area contributed by atoms with Crippen LogP contribution in [-0.2, 0) is 13.0 Å². The summed E-state index contributed by atoms with van der Waals surface area (Å²) in [5.74, 6) is 1.54. The first-order chi connectivity index (χ1) is 11.6. The number of hydrogen-bond donors (Lipinski definition) is 1. The van der Waals surface area contributed by atoms with Crippen LogP contribution < -0.4 is 14.8 Å². The number of aryl methyl sites for hydroxylation is 1. The van der Waals surface area contributed by atoms with Crippen LogP contribution in [0.3, 0.4) is 0 Å². The molecule has 0 saturated carbocycles. The fraction of sp³-hybridized carbons (Fsp3) is 0.316. The molecule has 5 heteroatoms. The lowest BCUT2D eigenvalue weighted by atomic mass is 9.99. The molecule has 2 aromatic carbocycles. The number of benzene rings is 2. The van der Waals surface area contributed by atoms with Gasteiger partial charge in [-0.2, -0.15) is 0 Å². The summed E-state index contributed by atoms with van der Waals surface area (Å²) in [5, 5.41) is 4.07. The molecule has 1 heterocycles. The van der Waals surface area contributed by atoms with E-state index in [4.69, 9.17) is 21.7 Å². The van der Waals surface area contributed by atoms with Crippen LogP contribution in [0.2, 0.25) is 0 Å². The molecule has 24 heavy (non-hydrogen) atoms. The van der Waals surface area contributed by atoms with Crippen molar-refractivity contribution in [1.82, 2.24) is 4.90 Å². The van der Waals surface area contributed by atoms with Crippen LogP contribution in [0.15, 0.2) is 36.4 Å². The van der Waals surface area contributed by atoms with Crippen molar-refractivity contribution >= 4 is 23.0 Å². The van der Waals surface area contributed by atoms with Crippen molar-refractivity contribution in [3.05, 3.63) is 53.1 Å². The molecule has 0 aromatic heterocycles. The van der Waals surface area contributed by atoms with Gasteiger partial charge in [-0.1, -0.05) is 17.7 Å². The Kier molecular flexibility index (Phi) is 4.90. The Bertz CT molecular complexity index is 744. The Morgan fingerprint density at radius 2 is 1.67 bits per heavy atom. The Balaban J connectivity index is 1.74. The van der Waals surface area contributed by atoms with Crippen LogP contribution in [-0.4, -0.2) is 30.8 Å². The van der Waals surface area contributed by atoms with Crippen LogP contribution in [0.1, 0.15) is 16.7 Å². The molecule has 1 N–H and O–H groups in total. The van der Waals surface area contributed by atoms with Crippen molar-refractivity contribution < 1.29 is 9.47 Å². The second-order valence-corrected chi connectivity index (χ2v) is 6.33. The second kappa shape index (κ2) is 7.09. The van der Waals surface area contributed by atoms with E-state index in [1.54, 1.807) is 14.2 Å². The Hall–Kier alpha value is -2.27. The van der Waals surface area contributed by atoms with E-state index in [2.05, 4.69) is 41.4 Å². The average Bonchev–Trinajstić information content (AvgIpc) is 2.61. The molecule has 1 aliphatic heterocycles. The number of fused-ring (bicyclic) bond motifs is 1. The summed E-state index contributed by atoms with van der Waals surface area (Å²) < 4.78 is 10.8. The first kappa shape index (κ1) is 16.6. The maximum atomic E-state index is 5.59. The van der Waals surface area contributed by atoms with Crippen molar-refractivity contribution in [2.75, 3.05) is 26.1 Å². The van der Waals surface area contributed by atoms with Crippen LogP contribution >= 0.6 is 12.2 Å². The molecule has 0 bridgehead atoms. The number of thiocarbonyl (C=S) groups is 1. The van der Waals surface area contributed by atoms with Gasteiger partial charge in [-0.05, 0) is 61.0 Å². The van der Waals surface area contributed by atoms with Crippen molar-refractivity contribution in [2.45, 2.75) is 19.9 Å². The van der Waals surface area contributed by atoms with Gasteiger partial charge in [0.25, 0.3) is 0 Å². The summed E-state index contributed by atoms with van der Waals surface area (Å²) in [5.41, 5.74) is 4.78. The summed E-state index contributed by atoms with van der Waals surface area (Å²) in [4.78, 5) is 2.18. The molecule has 3 rings (SSSR count). The summed E-state index contributed by atoms with van der Waals surface area (Å²) in [6, 6.07) is 12.4. The highest BCUT2D eigenvalue weighted by atomic mass is 32.1. The Labute approximate surface area is 148 Å². The third-order valence-corrected chi connectivity index (χ3v) is 4.67. The van der Waals surface area contributed by atoms with E-state index >= 15 is 0 Å². The van der Waals surface area contributed by atoms with Crippen molar-refractivity contribution in [3.63, 3.8) is 0 Å². The standard InChI is InChI=1S/C19H22N2O2S/c1-13-4-6-16(7-5-13)20-19(24)21-9-8-14-10-17(22-2)18(23-3)11-15(14)12-21/h4-7,10-11H,8-9,12H2,1-3H3,(H,20,24). The molecule has 0 atom stereocenters. The maximum absolute atomic E-state index is 5.59. The Morgan fingerprint density at radius 1 is 1.04 bits per heavy atom. The zero-order valence-corrected chi connectivity index (χ0v) is 15.1. The molecular weight excluding hydrogens is 320 g/mol. The van der Waals surface area contributed by atoms with Gasteiger partial charge in [0, 0.05) is 18.8 Å². The zero-order chi connectivity index (χ0) is 17.1.